The van der Waals surface area contributed by atoms with Crippen molar-refractivity contribution in [2.75, 3.05) is 25.0 Å². The van der Waals surface area contributed by atoms with E-state index in [1.807, 2.05) is 51.0 Å². The molecule has 1 saturated heterocycles. The Hall–Kier alpha value is -3.03. The Kier molecular flexibility index (Phi) is 5.17. The van der Waals surface area contributed by atoms with Gasteiger partial charge in [-0.25, -0.2) is 0 Å². The highest BCUT2D eigenvalue weighted by Gasteiger charge is 2.32. The number of rotatable bonds is 3. The molecule has 158 valence electrons. The van der Waals surface area contributed by atoms with Crippen LogP contribution in [0.15, 0.2) is 30.7 Å². The maximum absolute atomic E-state index is 12.6. The summed E-state index contributed by atoms with van der Waals surface area (Å²) >= 11 is 0. The minimum absolute atomic E-state index is 0.221. The van der Waals surface area contributed by atoms with Crippen LogP contribution in [-0.4, -0.2) is 61.9 Å². The van der Waals surface area contributed by atoms with Gasteiger partial charge < -0.3 is 9.80 Å². The summed E-state index contributed by atoms with van der Waals surface area (Å²) in [6.45, 7) is 7.47. The third-order valence-electron chi connectivity index (χ3n) is 5.90. The fourth-order valence-corrected chi connectivity index (χ4v) is 4.14. The lowest BCUT2D eigenvalue weighted by atomic mass is 9.92. The van der Waals surface area contributed by atoms with E-state index in [0.717, 1.165) is 53.9 Å². The van der Waals surface area contributed by atoms with E-state index in [-0.39, 0.29) is 11.3 Å². The molecule has 0 aromatic carbocycles. The van der Waals surface area contributed by atoms with Gasteiger partial charge in [0.2, 0.25) is 5.91 Å². The number of carbonyl (C=O) groups excluding carboxylic acids is 1. The molecule has 0 saturated carbocycles. The maximum Gasteiger partial charge on any atom is 0.227 e. The lowest BCUT2D eigenvalue weighted by Crippen LogP contribution is -2.48. The van der Waals surface area contributed by atoms with Crippen molar-refractivity contribution in [3.8, 4) is 11.4 Å². The van der Waals surface area contributed by atoms with Crippen LogP contribution in [0.4, 0.5) is 5.82 Å². The van der Waals surface area contributed by atoms with Crippen molar-refractivity contribution in [1.82, 2.24) is 29.9 Å². The first kappa shape index (κ1) is 20.3. The number of aryl methyl sites for hydroxylation is 1. The van der Waals surface area contributed by atoms with Gasteiger partial charge in [0.1, 0.15) is 5.69 Å². The number of carbonyl (C=O) groups is 1. The van der Waals surface area contributed by atoms with Gasteiger partial charge >= 0.3 is 0 Å². The summed E-state index contributed by atoms with van der Waals surface area (Å²) in [5, 5.41) is 15.4. The number of hydrogen-bond donors (Lipinski definition) is 0. The Balaban J connectivity index is 1.60. The van der Waals surface area contributed by atoms with Crippen molar-refractivity contribution >= 4 is 22.5 Å². The fourth-order valence-electron chi connectivity index (χ4n) is 4.14. The second kappa shape index (κ2) is 7.66. The number of piperidine rings is 1. The fraction of sp³-hybridized carbons (Fsp3) is 0.500. The molecule has 4 rings (SSSR count). The number of nitrogens with zero attached hydrogens (tertiary/aromatic N) is 7. The van der Waals surface area contributed by atoms with Gasteiger partial charge in [0.15, 0.2) is 5.82 Å². The number of fused-ring (bicyclic) bond motifs is 1. The standard InChI is InChI=1S/C22H29N7O/c1-22(2,3)21(30)29-12-8-15(9-13-29)27(4)20-17-14-23-10-6-16(17)19(25-26-20)18-7-11-24-28(18)5/h6-7,10-11,14-15H,8-9,12-13H2,1-5H3. The molecule has 0 spiro atoms. The molecule has 8 nitrogen and oxygen atoms in total. The molecule has 1 aliphatic heterocycles. The van der Waals surface area contributed by atoms with E-state index in [9.17, 15) is 4.79 Å². The second-order valence-electron chi connectivity index (χ2n) is 9.02. The van der Waals surface area contributed by atoms with E-state index in [1.54, 1.807) is 17.1 Å². The molecule has 0 unspecified atom stereocenters. The van der Waals surface area contributed by atoms with Crippen LogP contribution in [0.3, 0.4) is 0 Å². The highest BCUT2D eigenvalue weighted by Crippen LogP contribution is 2.32. The molecule has 1 aliphatic rings. The SMILES string of the molecule is CN(c1nnc(-c2ccnn2C)c2ccncc12)C1CCN(C(=O)C(C)(C)C)CC1. The molecule has 1 amide bonds. The molecule has 0 radical (unpaired) electrons. The first-order chi connectivity index (χ1) is 14.3. The van der Waals surface area contributed by atoms with Crippen molar-refractivity contribution in [1.29, 1.82) is 0 Å². The van der Waals surface area contributed by atoms with Gasteiger partial charge in [-0.05, 0) is 25.0 Å². The highest BCUT2D eigenvalue weighted by atomic mass is 16.2. The largest absolute Gasteiger partial charge is 0.355 e. The number of anilines is 1. The molecule has 0 aliphatic carbocycles. The third kappa shape index (κ3) is 3.62. The zero-order valence-electron chi connectivity index (χ0n) is 18.3. The Morgan fingerprint density at radius 1 is 1.10 bits per heavy atom. The van der Waals surface area contributed by atoms with Crippen LogP contribution in [-0.2, 0) is 11.8 Å². The second-order valence-corrected chi connectivity index (χ2v) is 9.02. The smallest absolute Gasteiger partial charge is 0.227 e. The quantitative estimate of drug-likeness (QED) is 0.664. The molecule has 3 aromatic rings. The summed E-state index contributed by atoms with van der Waals surface area (Å²) in [5.74, 6) is 1.04. The third-order valence-corrected chi connectivity index (χ3v) is 5.90. The molecular formula is C22H29N7O. The average molecular weight is 408 g/mol. The first-order valence-corrected chi connectivity index (χ1v) is 10.4. The molecule has 0 bridgehead atoms. The molecular weight excluding hydrogens is 378 g/mol. The van der Waals surface area contributed by atoms with Gasteiger partial charge in [0.25, 0.3) is 0 Å². The lowest BCUT2D eigenvalue weighted by Gasteiger charge is -2.39. The summed E-state index contributed by atoms with van der Waals surface area (Å²) in [5.41, 5.74) is 1.38. The van der Waals surface area contributed by atoms with E-state index in [2.05, 4.69) is 32.2 Å². The predicted molar refractivity (Wildman–Crippen MR) is 117 cm³/mol. The average Bonchev–Trinajstić information content (AvgIpc) is 3.17. The van der Waals surface area contributed by atoms with Crippen molar-refractivity contribution in [2.24, 2.45) is 12.5 Å². The zero-order chi connectivity index (χ0) is 21.5. The van der Waals surface area contributed by atoms with Crippen molar-refractivity contribution in [2.45, 2.75) is 39.7 Å². The van der Waals surface area contributed by atoms with E-state index in [4.69, 9.17) is 0 Å². The van der Waals surface area contributed by atoms with Gasteiger partial charge in [0.05, 0.1) is 5.69 Å². The first-order valence-electron chi connectivity index (χ1n) is 10.4. The number of likely N-dealkylation sites (tertiary alicyclic amines) is 1. The Morgan fingerprint density at radius 3 is 2.47 bits per heavy atom. The van der Waals surface area contributed by atoms with Crippen LogP contribution in [0.2, 0.25) is 0 Å². The number of amides is 1. The van der Waals surface area contributed by atoms with E-state index >= 15 is 0 Å². The minimum atomic E-state index is -0.340. The predicted octanol–water partition coefficient (Wildman–Crippen LogP) is 2.90. The van der Waals surface area contributed by atoms with E-state index < -0.39 is 0 Å². The van der Waals surface area contributed by atoms with Crippen LogP contribution in [0, 0.1) is 5.41 Å². The summed E-state index contributed by atoms with van der Waals surface area (Å²) in [4.78, 5) is 21.1. The molecule has 8 heteroatoms. The van der Waals surface area contributed by atoms with Crippen LogP contribution >= 0.6 is 0 Å². The topological polar surface area (TPSA) is 80.0 Å². The van der Waals surface area contributed by atoms with Crippen LogP contribution in [0.5, 0.6) is 0 Å². The van der Waals surface area contributed by atoms with Gasteiger partial charge in [-0.3, -0.25) is 14.5 Å². The molecule has 0 atom stereocenters. The monoisotopic (exact) mass is 407 g/mol. The van der Waals surface area contributed by atoms with Crippen LogP contribution in [0.1, 0.15) is 33.6 Å². The normalized spacial score (nSPS) is 15.6. The van der Waals surface area contributed by atoms with Crippen molar-refractivity contribution in [3.05, 3.63) is 30.7 Å². The molecule has 4 heterocycles. The van der Waals surface area contributed by atoms with Crippen molar-refractivity contribution < 1.29 is 4.79 Å². The lowest BCUT2D eigenvalue weighted by molar-refractivity contribution is -0.140. The maximum atomic E-state index is 12.6. The summed E-state index contributed by atoms with van der Waals surface area (Å²) in [7, 11) is 3.96. The van der Waals surface area contributed by atoms with Gasteiger partial charge in [-0.15, -0.1) is 10.2 Å². The number of hydrogen-bond acceptors (Lipinski definition) is 6. The number of aromatic nitrogens is 5. The van der Waals surface area contributed by atoms with E-state index in [0.29, 0.717) is 6.04 Å². The summed E-state index contributed by atoms with van der Waals surface area (Å²) < 4.78 is 1.80. The van der Waals surface area contributed by atoms with Crippen LogP contribution in [0.25, 0.3) is 22.2 Å². The summed E-state index contributed by atoms with van der Waals surface area (Å²) in [6, 6.07) is 4.22. The Labute approximate surface area is 176 Å². The Bertz CT molecular complexity index is 1060. The minimum Gasteiger partial charge on any atom is -0.355 e. The Morgan fingerprint density at radius 2 is 1.83 bits per heavy atom. The number of pyridine rings is 1. The van der Waals surface area contributed by atoms with Gasteiger partial charge in [-0.2, -0.15) is 5.10 Å². The van der Waals surface area contributed by atoms with Gasteiger partial charge in [0, 0.05) is 68.0 Å². The molecule has 3 aromatic heterocycles. The van der Waals surface area contributed by atoms with Crippen molar-refractivity contribution in [3.63, 3.8) is 0 Å². The van der Waals surface area contributed by atoms with Crippen LogP contribution < -0.4 is 4.90 Å². The molecule has 30 heavy (non-hydrogen) atoms. The molecule has 1 fully saturated rings. The highest BCUT2D eigenvalue weighted by molar-refractivity contribution is 5.99. The molecule has 0 N–H and O–H groups in total. The van der Waals surface area contributed by atoms with E-state index in [1.165, 1.54) is 0 Å². The van der Waals surface area contributed by atoms with Gasteiger partial charge in [-0.1, -0.05) is 20.8 Å². The summed E-state index contributed by atoms with van der Waals surface area (Å²) in [6.07, 6.45) is 7.21. The zero-order valence-corrected chi connectivity index (χ0v) is 18.3.